The number of hydrogen-bond donors (Lipinski definition) is 2. The first-order chi connectivity index (χ1) is 10.8. The quantitative estimate of drug-likeness (QED) is 0.412. The van der Waals surface area contributed by atoms with Crippen LogP contribution in [0.15, 0.2) is 27.8 Å². The second-order valence-electron chi connectivity index (χ2n) is 6.40. The molecule has 2 aliphatic rings. The van der Waals surface area contributed by atoms with E-state index in [9.17, 15) is 0 Å². The molecule has 130 valence electrons. The Labute approximate surface area is 155 Å². The Morgan fingerprint density at radius 1 is 1.39 bits per heavy atom. The zero-order valence-corrected chi connectivity index (χ0v) is 16.1. The predicted molar refractivity (Wildman–Crippen MR) is 102 cm³/mol. The van der Waals surface area contributed by atoms with Gasteiger partial charge in [0, 0.05) is 25.6 Å². The predicted octanol–water partition coefficient (Wildman–Crippen LogP) is 2.95. The molecule has 23 heavy (non-hydrogen) atoms. The van der Waals surface area contributed by atoms with Gasteiger partial charge < -0.3 is 19.8 Å². The third kappa shape index (κ3) is 6.33. The molecule has 3 rings (SSSR count). The van der Waals surface area contributed by atoms with Crippen molar-refractivity contribution in [3.05, 3.63) is 24.2 Å². The lowest BCUT2D eigenvalue weighted by Gasteiger charge is -2.21. The molecule has 3 atom stereocenters. The Bertz CT molecular complexity index is 472. The van der Waals surface area contributed by atoms with Gasteiger partial charge in [-0.2, -0.15) is 0 Å². The van der Waals surface area contributed by atoms with Crippen LogP contribution in [0.4, 0.5) is 0 Å². The number of nitrogens with one attached hydrogen (secondary N) is 2. The van der Waals surface area contributed by atoms with Crippen LogP contribution in [-0.4, -0.2) is 37.8 Å². The summed E-state index contributed by atoms with van der Waals surface area (Å²) < 4.78 is 11.1. The second-order valence-corrected chi connectivity index (χ2v) is 6.40. The first-order valence-electron chi connectivity index (χ1n) is 8.50. The minimum absolute atomic E-state index is 0. The average Bonchev–Trinajstić information content (AvgIpc) is 3.01. The minimum Gasteiger partial charge on any atom is -0.469 e. The number of guanidine groups is 1. The highest BCUT2D eigenvalue weighted by Gasteiger charge is 2.33. The third-order valence-corrected chi connectivity index (χ3v) is 4.40. The lowest BCUT2D eigenvalue weighted by atomic mass is 10.1. The first-order valence-corrected chi connectivity index (χ1v) is 8.50. The molecule has 0 bridgehead atoms. The normalized spacial score (nSPS) is 27.2. The number of aliphatic imine (C=N–C) groups is 1. The van der Waals surface area contributed by atoms with Crippen molar-refractivity contribution < 1.29 is 9.15 Å². The highest BCUT2D eigenvalue weighted by Crippen LogP contribution is 2.28. The number of hydrogen-bond acceptors (Lipinski definition) is 3. The topological polar surface area (TPSA) is 58.8 Å². The van der Waals surface area contributed by atoms with E-state index < -0.39 is 0 Å². The van der Waals surface area contributed by atoms with Gasteiger partial charge in [0.25, 0.3) is 0 Å². The molecule has 3 unspecified atom stereocenters. The molecule has 1 saturated carbocycles. The Balaban J connectivity index is 0.00000192. The van der Waals surface area contributed by atoms with E-state index in [1.54, 1.807) is 6.26 Å². The van der Waals surface area contributed by atoms with Crippen molar-refractivity contribution in [2.24, 2.45) is 10.9 Å². The summed E-state index contributed by atoms with van der Waals surface area (Å²) in [6, 6.07) is 4.50. The van der Waals surface area contributed by atoms with E-state index in [2.05, 4.69) is 17.6 Å². The largest absolute Gasteiger partial charge is 0.469 e. The Kier molecular flexibility index (Phi) is 7.69. The molecule has 6 heteroatoms. The number of furan rings is 1. The smallest absolute Gasteiger partial charge is 0.191 e. The van der Waals surface area contributed by atoms with Crippen molar-refractivity contribution in [1.82, 2.24) is 10.6 Å². The standard InChI is InChI=1S/C17H27N3O2.HI/c1-13-11-16(13)20-17(18-8-7-14-6-4-10-21-14)19-12-15-5-2-3-9-22-15;/h4,6,10,13,15-16H,2-3,5,7-9,11-12H2,1H3,(H2,18,19,20);1H. The van der Waals surface area contributed by atoms with Crippen LogP contribution in [0, 0.1) is 5.92 Å². The monoisotopic (exact) mass is 433 g/mol. The van der Waals surface area contributed by atoms with Gasteiger partial charge in [0.15, 0.2) is 5.96 Å². The zero-order chi connectivity index (χ0) is 15.2. The van der Waals surface area contributed by atoms with E-state index in [0.717, 1.165) is 50.2 Å². The fourth-order valence-electron chi connectivity index (χ4n) is 2.75. The lowest BCUT2D eigenvalue weighted by Crippen LogP contribution is -2.41. The number of halogens is 1. The van der Waals surface area contributed by atoms with Crippen LogP contribution in [0.3, 0.4) is 0 Å². The van der Waals surface area contributed by atoms with Crippen molar-refractivity contribution in [3.8, 4) is 0 Å². The van der Waals surface area contributed by atoms with Gasteiger partial charge in [-0.1, -0.05) is 6.92 Å². The molecule has 5 nitrogen and oxygen atoms in total. The van der Waals surface area contributed by atoms with E-state index in [1.165, 1.54) is 19.3 Å². The highest BCUT2D eigenvalue weighted by atomic mass is 127. The summed E-state index contributed by atoms with van der Waals surface area (Å²) in [5, 5.41) is 6.93. The van der Waals surface area contributed by atoms with Crippen LogP contribution in [-0.2, 0) is 11.2 Å². The van der Waals surface area contributed by atoms with Gasteiger partial charge in [-0.05, 0) is 43.7 Å². The minimum atomic E-state index is 0. The Morgan fingerprint density at radius 3 is 2.91 bits per heavy atom. The first kappa shape index (κ1) is 18.6. The summed E-state index contributed by atoms with van der Waals surface area (Å²) in [7, 11) is 0. The maximum Gasteiger partial charge on any atom is 0.191 e. The summed E-state index contributed by atoms with van der Waals surface area (Å²) in [4.78, 5) is 4.72. The molecule has 1 saturated heterocycles. The van der Waals surface area contributed by atoms with Gasteiger partial charge >= 0.3 is 0 Å². The average molecular weight is 433 g/mol. The Hall–Kier alpha value is -0.760. The van der Waals surface area contributed by atoms with Gasteiger partial charge in [0.05, 0.1) is 18.9 Å². The number of ether oxygens (including phenoxy) is 1. The van der Waals surface area contributed by atoms with Crippen molar-refractivity contribution in [2.45, 2.75) is 51.2 Å². The molecule has 1 aliphatic carbocycles. The van der Waals surface area contributed by atoms with Crippen LogP contribution < -0.4 is 10.6 Å². The van der Waals surface area contributed by atoms with Crippen LogP contribution in [0.25, 0.3) is 0 Å². The van der Waals surface area contributed by atoms with Crippen molar-refractivity contribution in [2.75, 3.05) is 19.7 Å². The fourth-order valence-corrected chi connectivity index (χ4v) is 2.75. The summed E-state index contributed by atoms with van der Waals surface area (Å²) in [5.74, 6) is 2.67. The van der Waals surface area contributed by atoms with E-state index in [-0.39, 0.29) is 30.1 Å². The number of nitrogens with zero attached hydrogens (tertiary/aromatic N) is 1. The molecule has 2 heterocycles. The van der Waals surface area contributed by atoms with Crippen molar-refractivity contribution in [1.29, 1.82) is 0 Å². The van der Waals surface area contributed by atoms with Gasteiger partial charge in [-0.3, -0.25) is 4.99 Å². The summed E-state index contributed by atoms with van der Waals surface area (Å²) in [5.41, 5.74) is 0. The van der Waals surface area contributed by atoms with E-state index in [4.69, 9.17) is 14.1 Å². The van der Waals surface area contributed by atoms with E-state index in [0.29, 0.717) is 6.04 Å². The summed E-state index contributed by atoms with van der Waals surface area (Å²) >= 11 is 0. The molecule has 2 fully saturated rings. The van der Waals surface area contributed by atoms with Crippen LogP contribution >= 0.6 is 24.0 Å². The molecule has 1 aromatic rings. The second kappa shape index (κ2) is 9.52. The van der Waals surface area contributed by atoms with Gasteiger partial charge in [-0.15, -0.1) is 24.0 Å². The van der Waals surface area contributed by atoms with Crippen LogP contribution in [0.5, 0.6) is 0 Å². The summed E-state index contributed by atoms with van der Waals surface area (Å²) in [6.45, 7) is 4.72. The fraction of sp³-hybridized carbons (Fsp3) is 0.706. The maximum absolute atomic E-state index is 5.76. The van der Waals surface area contributed by atoms with Gasteiger partial charge in [0.2, 0.25) is 0 Å². The van der Waals surface area contributed by atoms with Crippen molar-refractivity contribution in [3.63, 3.8) is 0 Å². The molecule has 0 amide bonds. The van der Waals surface area contributed by atoms with Gasteiger partial charge in [0.1, 0.15) is 5.76 Å². The van der Waals surface area contributed by atoms with Crippen molar-refractivity contribution >= 4 is 29.9 Å². The van der Waals surface area contributed by atoms with Crippen LogP contribution in [0.2, 0.25) is 0 Å². The zero-order valence-electron chi connectivity index (χ0n) is 13.8. The summed E-state index contributed by atoms with van der Waals surface area (Å²) in [6.07, 6.45) is 7.68. The molecular formula is C17H28IN3O2. The molecule has 0 radical (unpaired) electrons. The van der Waals surface area contributed by atoms with Crippen LogP contribution in [0.1, 0.15) is 38.4 Å². The molecule has 0 aromatic carbocycles. The van der Waals surface area contributed by atoms with E-state index in [1.807, 2.05) is 12.1 Å². The molecule has 1 aromatic heterocycles. The third-order valence-electron chi connectivity index (χ3n) is 4.40. The maximum atomic E-state index is 5.76. The lowest BCUT2D eigenvalue weighted by molar-refractivity contribution is 0.0224. The number of rotatable bonds is 6. The molecule has 0 spiro atoms. The molecule has 2 N–H and O–H groups in total. The van der Waals surface area contributed by atoms with E-state index >= 15 is 0 Å². The highest BCUT2D eigenvalue weighted by molar-refractivity contribution is 14.0. The molecular weight excluding hydrogens is 405 g/mol. The SMILES string of the molecule is CC1CC1NC(=NCC1CCCCO1)NCCc1ccco1.I. The molecule has 1 aliphatic heterocycles. The Morgan fingerprint density at radius 2 is 2.26 bits per heavy atom. The van der Waals surface area contributed by atoms with Gasteiger partial charge in [-0.25, -0.2) is 0 Å².